The number of nitrogens with zero attached hydrogens (tertiary/aromatic N) is 6. The first-order valence-electron chi connectivity index (χ1n) is 11.4. The minimum Gasteiger partial charge on any atom is -0.452 e. The van der Waals surface area contributed by atoms with E-state index in [0.717, 1.165) is 41.9 Å². The highest BCUT2D eigenvalue weighted by Gasteiger charge is 2.32. The van der Waals surface area contributed by atoms with E-state index in [9.17, 15) is 4.79 Å². The van der Waals surface area contributed by atoms with Crippen LogP contribution in [0, 0.1) is 0 Å². The number of carbonyl (C=O) groups excluding carboxylic acids is 1. The standard InChI is InChI=1S/C23H30N6O2/c1-16-8-9-18-19(28(16)23(30)31-2)10-11-20-22(18)26-21(12-15-27-24-13-14-25-27)29(20)17-6-4-3-5-7-17/h10-11,13-14,16-17H,3-9,12,15H2,1-2H3/t16-/m0/s1. The van der Waals surface area contributed by atoms with Crippen LogP contribution in [-0.2, 0) is 24.1 Å². The number of ether oxygens (including phenoxy) is 1. The van der Waals surface area contributed by atoms with Crippen molar-refractivity contribution in [2.45, 2.75) is 76.9 Å². The van der Waals surface area contributed by atoms with E-state index in [-0.39, 0.29) is 12.1 Å². The Balaban J connectivity index is 1.60. The van der Waals surface area contributed by atoms with Gasteiger partial charge in [-0.2, -0.15) is 15.0 Å². The van der Waals surface area contributed by atoms with Gasteiger partial charge in [0.2, 0.25) is 0 Å². The number of benzene rings is 1. The first kappa shape index (κ1) is 20.0. The number of fused-ring (bicyclic) bond motifs is 3. The van der Waals surface area contributed by atoms with Crippen molar-refractivity contribution in [1.82, 2.24) is 24.5 Å². The molecule has 2 aliphatic rings. The molecule has 5 rings (SSSR count). The van der Waals surface area contributed by atoms with Crippen LogP contribution in [0.3, 0.4) is 0 Å². The van der Waals surface area contributed by atoms with Gasteiger partial charge in [0.25, 0.3) is 0 Å². The summed E-state index contributed by atoms with van der Waals surface area (Å²) in [6, 6.07) is 4.84. The lowest BCUT2D eigenvalue weighted by Gasteiger charge is -2.34. The summed E-state index contributed by atoms with van der Waals surface area (Å²) < 4.78 is 7.55. The molecule has 0 bridgehead atoms. The maximum absolute atomic E-state index is 12.5. The van der Waals surface area contributed by atoms with Crippen molar-refractivity contribution < 1.29 is 9.53 Å². The van der Waals surface area contributed by atoms with Crippen LogP contribution >= 0.6 is 0 Å². The molecule has 1 fully saturated rings. The summed E-state index contributed by atoms with van der Waals surface area (Å²) in [5.41, 5.74) is 4.32. The van der Waals surface area contributed by atoms with Crippen LogP contribution in [-0.4, -0.2) is 43.8 Å². The van der Waals surface area contributed by atoms with Crippen LogP contribution in [0.15, 0.2) is 24.5 Å². The Morgan fingerprint density at radius 1 is 1.13 bits per heavy atom. The van der Waals surface area contributed by atoms with Gasteiger partial charge in [0.05, 0.1) is 42.8 Å². The molecule has 0 radical (unpaired) electrons. The van der Waals surface area contributed by atoms with Gasteiger partial charge in [-0.3, -0.25) is 4.90 Å². The minimum absolute atomic E-state index is 0.114. The number of carbonyl (C=O) groups is 1. The number of methoxy groups -OCH3 is 1. The van der Waals surface area contributed by atoms with Crippen LogP contribution in [0.4, 0.5) is 10.5 Å². The van der Waals surface area contributed by atoms with E-state index in [1.165, 1.54) is 44.7 Å². The number of imidazole rings is 1. The Kier molecular flexibility index (Phi) is 5.38. The van der Waals surface area contributed by atoms with Crippen molar-refractivity contribution in [2.75, 3.05) is 12.0 Å². The molecule has 1 amide bonds. The van der Waals surface area contributed by atoms with Gasteiger partial charge in [0.15, 0.2) is 0 Å². The molecule has 31 heavy (non-hydrogen) atoms. The molecular formula is C23H30N6O2. The average molecular weight is 423 g/mol. The maximum Gasteiger partial charge on any atom is 0.414 e. The average Bonchev–Trinajstić information content (AvgIpc) is 3.45. The second kappa shape index (κ2) is 8.32. The molecule has 8 heteroatoms. The Hall–Kier alpha value is -2.90. The van der Waals surface area contributed by atoms with Crippen molar-refractivity contribution in [3.63, 3.8) is 0 Å². The summed E-state index contributed by atoms with van der Waals surface area (Å²) in [5, 5.41) is 8.51. The molecule has 1 atom stereocenters. The van der Waals surface area contributed by atoms with Crippen molar-refractivity contribution in [1.29, 1.82) is 0 Å². The third kappa shape index (κ3) is 3.58. The lowest BCUT2D eigenvalue weighted by atomic mass is 9.94. The molecule has 164 valence electrons. The molecule has 3 heterocycles. The molecule has 1 saturated carbocycles. The monoisotopic (exact) mass is 422 g/mol. The molecule has 0 spiro atoms. The highest BCUT2D eigenvalue weighted by atomic mass is 16.5. The second-order valence-corrected chi connectivity index (χ2v) is 8.72. The Bertz CT molecular complexity index is 1070. The second-order valence-electron chi connectivity index (χ2n) is 8.72. The first-order chi connectivity index (χ1) is 15.2. The van der Waals surface area contributed by atoms with Gasteiger partial charge in [-0.15, -0.1) is 0 Å². The molecule has 1 aliphatic heterocycles. The largest absolute Gasteiger partial charge is 0.452 e. The van der Waals surface area contributed by atoms with Gasteiger partial charge in [-0.25, -0.2) is 9.78 Å². The normalized spacial score (nSPS) is 19.5. The summed E-state index contributed by atoms with van der Waals surface area (Å²) >= 11 is 0. The van der Waals surface area contributed by atoms with Gasteiger partial charge in [-0.05, 0) is 44.7 Å². The van der Waals surface area contributed by atoms with Crippen molar-refractivity contribution in [3.8, 4) is 0 Å². The zero-order chi connectivity index (χ0) is 21.4. The van der Waals surface area contributed by atoms with Gasteiger partial charge < -0.3 is 9.30 Å². The Morgan fingerprint density at radius 2 is 1.90 bits per heavy atom. The van der Waals surface area contributed by atoms with Gasteiger partial charge in [0.1, 0.15) is 5.82 Å². The van der Waals surface area contributed by atoms with Gasteiger partial charge in [-0.1, -0.05) is 19.3 Å². The first-order valence-corrected chi connectivity index (χ1v) is 11.4. The number of rotatable bonds is 4. The number of aromatic nitrogens is 5. The molecule has 0 N–H and O–H groups in total. The molecule has 8 nitrogen and oxygen atoms in total. The smallest absolute Gasteiger partial charge is 0.414 e. The molecule has 0 saturated heterocycles. The zero-order valence-corrected chi connectivity index (χ0v) is 18.3. The summed E-state index contributed by atoms with van der Waals surface area (Å²) in [6.45, 7) is 2.78. The number of anilines is 1. The molecule has 2 aromatic heterocycles. The van der Waals surface area contributed by atoms with Crippen molar-refractivity contribution >= 4 is 22.8 Å². The van der Waals surface area contributed by atoms with E-state index in [0.29, 0.717) is 12.6 Å². The summed E-state index contributed by atoms with van der Waals surface area (Å²) in [5.74, 6) is 1.09. The third-order valence-electron chi connectivity index (χ3n) is 6.84. The summed E-state index contributed by atoms with van der Waals surface area (Å²) in [6.07, 6.45) is 12.0. The SMILES string of the molecule is COC(=O)N1c2ccc3c(nc(CCn4nccn4)n3C3CCCCC3)c2CC[C@@H]1C. The summed E-state index contributed by atoms with van der Waals surface area (Å²) in [7, 11) is 1.45. The lowest BCUT2D eigenvalue weighted by molar-refractivity contribution is 0.175. The number of amides is 1. The van der Waals surface area contributed by atoms with Gasteiger partial charge >= 0.3 is 6.09 Å². The van der Waals surface area contributed by atoms with Crippen molar-refractivity contribution in [3.05, 3.63) is 35.9 Å². The predicted octanol–water partition coefficient (Wildman–Crippen LogP) is 4.28. The molecule has 0 unspecified atom stereocenters. The van der Waals surface area contributed by atoms with E-state index in [1.54, 1.807) is 22.1 Å². The quantitative estimate of drug-likeness (QED) is 0.627. The highest BCUT2D eigenvalue weighted by Crippen LogP contribution is 2.39. The van der Waals surface area contributed by atoms with Crippen LogP contribution in [0.5, 0.6) is 0 Å². The fraction of sp³-hybridized carbons (Fsp3) is 0.565. The van der Waals surface area contributed by atoms with Gasteiger partial charge in [0, 0.05) is 24.1 Å². The number of hydrogen-bond donors (Lipinski definition) is 0. The van der Waals surface area contributed by atoms with Crippen LogP contribution in [0.25, 0.3) is 11.0 Å². The zero-order valence-electron chi connectivity index (χ0n) is 18.3. The fourth-order valence-corrected chi connectivity index (χ4v) is 5.30. The number of aryl methyl sites for hydroxylation is 3. The molecule has 1 aromatic carbocycles. The van der Waals surface area contributed by atoms with Crippen LogP contribution in [0.1, 0.15) is 62.9 Å². The molecule has 1 aliphatic carbocycles. The van der Waals surface area contributed by atoms with E-state index in [2.05, 4.69) is 33.8 Å². The maximum atomic E-state index is 12.5. The predicted molar refractivity (Wildman–Crippen MR) is 118 cm³/mol. The number of hydrogen-bond acceptors (Lipinski definition) is 5. The van der Waals surface area contributed by atoms with Crippen molar-refractivity contribution in [2.24, 2.45) is 0 Å². The molecule has 3 aromatic rings. The van der Waals surface area contributed by atoms with E-state index < -0.39 is 0 Å². The van der Waals surface area contributed by atoms with Crippen LogP contribution < -0.4 is 4.90 Å². The third-order valence-corrected chi connectivity index (χ3v) is 6.84. The van der Waals surface area contributed by atoms with E-state index >= 15 is 0 Å². The Morgan fingerprint density at radius 3 is 2.65 bits per heavy atom. The Labute approximate surface area is 182 Å². The summed E-state index contributed by atoms with van der Waals surface area (Å²) in [4.78, 5) is 21.2. The minimum atomic E-state index is -0.301. The van der Waals surface area contributed by atoms with Crippen LogP contribution in [0.2, 0.25) is 0 Å². The highest BCUT2D eigenvalue weighted by molar-refractivity contribution is 5.95. The fourth-order valence-electron chi connectivity index (χ4n) is 5.30. The lowest BCUT2D eigenvalue weighted by Crippen LogP contribution is -2.42. The van der Waals surface area contributed by atoms with E-state index in [4.69, 9.17) is 9.72 Å². The van der Waals surface area contributed by atoms with E-state index in [1.807, 2.05) is 0 Å². The topological polar surface area (TPSA) is 78.1 Å². The molecular weight excluding hydrogens is 392 g/mol.